The average Bonchev–Trinajstić information content (AvgIpc) is 2.69. The number of anilines is 1. The number of nitrogen functional groups attached to an aromatic ring is 1. The zero-order valence-electron chi connectivity index (χ0n) is 9.87. The van der Waals surface area contributed by atoms with Crippen LogP contribution in [-0.4, -0.2) is 9.55 Å². The number of benzene rings is 2. The summed E-state index contributed by atoms with van der Waals surface area (Å²) in [6.45, 7) is 0. The molecule has 0 atom stereocenters. The minimum atomic E-state index is -0.536. The van der Waals surface area contributed by atoms with Crippen molar-refractivity contribution in [2.75, 3.05) is 5.73 Å². The number of rotatable bonds is 1. The SMILES string of the molecule is Nc1nc2cc(Cl)c(F)cc2n1-c1cc(Br)ccc1Cl. The molecule has 0 amide bonds. The molecule has 0 bridgehead atoms. The molecule has 0 aliphatic rings. The van der Waals surface area contributed by atoms with Gasteiger partial charge in [0.15, 0.2) is 0 Å². The van der Waals surface area contributed by atoms with Crippen molar-refractivity contribution in [2.24, 2.45) is 0 Å². The Morgan fingerprint density at radius 3 is 2.65 bits per heavy atom. The zero-order valence-corrected chi connectivity index (χ0v) is 13.0. The van der Waals surface area contributed by atoms with E-state index in [4.69, 9.17) is 28.9 Å². The summed E-state index contributed by atoms with van der Waals surface area (Å²) in [4.78, 5) is 4.18. The van der Waals surface area contributed by atoms with Gasteiger partial charge in [0.2, 0.25) is 5.95 Å². The lowest BCUT2D eigenvalue weighted by atomic mass is 10.2. The largest absolute Gasteiger partial charge is 0.369 e. The highest BCUT2D eigenvalue weighted by Crippen LogP contribution is 2.32. The van der Waals surface area contributed by atoms with Gasteiger partial charge >= 0.3 is 0 Å². The van der Waals surface area contributed by atoms with Crippen LogP contribution in [0.1, 0.15) is 0 Å². The number of aromatic nitrogens is 2. The minimum Gasteiger partial charge on any atom is -0.369 e. The highest BCUT2D eigenvalue weighted by atomic mass is 79.9. The van der Waals surface area contributed by atoms with Gasteiger partial charge in [-0.2, -0.15) is 0 Å². The van der Waals surface area contributed by atoms with Crippen molar-refractivity contribution in [1.82, 2.24) is 9.55 Å². The summed E-state index contributed by atoms with van der Waals surface area (Å²) in [5.74, 6) is -0.326. The highest BCUT2D eigenvalue weighted by Gasteiger charge is 2.15. The number of hydrogen-bond donors (Lipinski definition) is 1. The second kappa shape index (κ2) is 4.91. The van der Waals surface area contributed by atoms with Crippen LogP contribution in [0.15, 0.2) is 34.8 Å². The summed E-state index contributed by atoms with van der Waals surface area (Å²) < 4.78 is 16.1. The van der Waals surface area contributed by atoms with Gasteiger partial charge in [0.25, 0.3) is 0 Å². The molecular weight excluding hydrogens is 368 g/mol. The molecule has 0 unspecified atom stereocenters. The first-order chi connectivity index (χ1) is 9.47. The molecule has 3 nitrogen and oxygen atoms in total. The molecule has 7 heteroatoms. The lowest BCUT2D eigenvalue weighted by molar-refractivity contribution is 0.629. The van der Waals surface area contributed by atoms with E-state index < -0.39 is 5.82 Å². The van der Waals surface area contributed by atoms with Gasteiger partial charge in [-0.3, -0.25) is 4.57 Å². The Balaban J connectivity index is 2.38. The van der Waals surface area contributed by atoms with Crippen molar-refractivity contribution in [1.29, 1.82) is 0 Å². The summed E-state index contributed by atoms with van der Waals surface area (Å²) in [7, 11) is 0. The Hall–Kier alpha value is -1.30. The van der Waals surface area contributed by atoms with E-state index in [2.05, 4.69) is 20.9 Å². The molecule has 0 aliphatic heterocycles. The second-order valence-electron chi connectivity index (χ2n) is 4.16. The Labute approximate surface area is 132 Å². The number of halogens is 4. The second-order valence-corrected chi connectivity index (χ2v) is 5.89. The maximum atomic E-state index is 13.7. The normalized spacial score (nSPS) is 11.2. The monoisotopic (exact) mass is 373 g/mol. The number of nitrogens with zero attached hydrogens (tertiary/aromatic N) is 2. The summed E-state index contributed by atoms with van der Waals surface area (Å²) in [6.07, 6.45) is 0. The molecule has 2 aromatic carbocycles. The molecule has 0 spiro atoms. The van der Waals surface area contributed by atoms with Gasteiger partial charge in [-0.1, -0.05) is 39.1 Å². The highest BCUT2D eigenvalue weighted by molar-refractivity contribution is 9.10. The molecule has 0 fully saturated rings. The van der Waals surface area contributed by atoms with Crippen LogP contribution in [0.2, 0.25) is 10.0 Å². The number of fused-ring (bicyclic) bond motifs is 1. The van der Waals surface area contributed by atoms with Crippen molar-refractivity contribution >= 4 is 56.1 Å². The van der Waals surface area contributed by atoms with Gasteiger partial charge in [-0.05, 0) is 24.3 Å². The molecule has 0 saturated heterocycles. The van der Waals surface area contributed by atoms with Gasteiger partial charge in [0.05, 0.1) is 26.8 Å². The van der Waals surface area contributed by atoms with Crippen LogP contribution in [0, 0.1) is 5.82 Å². The average molecular weight is 375 g/mol. The molecule has 1 heterocycles. The lowest BCUT2D eigenvalue weighted by Crippen LogP contribution is -2.01. The molecular formula is C13H7BrCl2FN3. The number of hydrogen-bond acceptors (Lipinski definition) is 2. The molecule has 1 aromatic heterocycles. The molecule has 102 valence electrons. The molecule has 3 aromatic rings. The maximum Gasteiger partial charge on any atom is 0.205 e. The van der Waals surface area contributed by atoms with E-state index in [1.54, 1.807) is 22.8 Å². The zero-order chi connectivity index (χ0) is 14.4. The predicted molar refractivity (Wildman–Crippen MR) is 83.2 cm³/mol. The Morgan fingerprint density at radius 1 is 1.15 bits per heavy atom. The Bertz CT molecular complexity index is 832. The molecule has 3 rings (SSSR count). The van der Waals surface area contributed by atoms with Crippen LogP contribution in [0.3, 0.4) is 0 Å². The fraction of sp³-hybridized carbons (Fsp3) is 0. The van der Waals surface area contributed by atoms with Gasteiger partial charge < -0.3 is 5.73 Å². The van der Waals surface area contributed by atoms with E-state index in [-0.39, 0.29) is 11.0 Å². The summed E-state index contributed by atoms with van der Waals surface area (Å²) in [6, 6.07) is 8.03. The third kappa shape index (κ3) is 2.16. The van der Waals surface area contributed by atoms with Gasteiger partial charge in [-0.25, -0.2) is 9.37 Å². The molecule has 0 radical (unpaired) electrons. The number of nitrogens with two attached hydrogens (primary N) is 1. The minimum absolute atomic E-state index is 0.00230. The standard InChI is InChI=1S/C13H7BrCl2FN3/c14-6-1-2-7(15)11(3-6)20-12-5-9(17)8(16)4-10(12)19-13(20)18/h1-5H,(H2,18,19). The summed E-state index contributed by atoms with van der Waals surface area (Å²) in [5, 5.41) is 0.483. The van der Waals surface area contributed by atoms with E-state index in [1.165, 1.54) is 12.1 Å². The Morgan fingerprint density at radius 2 is 1.90 bits per heavy atom. The first kappa shape index (κ1) is 13.7. The van der Waals surface area contributed by atoms with Crippen LogP contribution in [0.25, 0.3) is 16.7 Å². The van der Waals surface area contributed by atoms with Crippen LogP contribution in [-0.2, 0) is 0 Å². The van der Waals surface area contributed by atoms with Crippen molar-refractivity contribution in [3.05, 3.63) is 50.7 Å². The third-order valence-electron chi connectivity index (χ3n) is 2.87. The maximum absolute atomic E-state index is 13.7. The van der Waals surface area contributed by atoms with Gasteiger partial charge in [-0.15, -0.1) is 0 Å². The van der Waals surface area contributed by atoms with Crippen molar-refractivity contribution < 1.29 is 4.39 Å². The number of imidazole rings is 1. The van der Waals surface area contributed by atoms with Crippen molar-refractivity contribution in [3.63, 3.8) is 0 Å². The Kier molecular flexibility index (Phi) is 3.36. The molecule has 0 aliphatic carbocycles. The molecule has 0 saturated carbocycles. The van der Waals surface area contributed by atoms with Gasteiger partial charge in [0, 0.05) is 10.5 Å². The van der Waals surface area contributed by atoms with E-state index in [0.29, 0.717) is 21.7 Å². The van der Waals surface area contributed by atoms with Crippen LogP contribution in [0.5, 0.6) is 0 Å². The summed E-state index contributed by atoms with van der Waals surface area (Å²) in [5.41, 5.74) is 7.54. The fourth-order valence-electron chi connectivity index (χ4n) is 2.00. The van der Waals surface area contributed by atoms with E-state index in [9.17, 15) is 4.39 Å². The van der Waals surface area contributed by atoms with Crippen molar-refractivity contribution in [2.45, 2.75) is 0 Å². The van der Waals surface area contributed by atoms with E-state index in [1.807, 2.05) is 0 Å². The fourth-order valence-corrected chi connectivity index (χ4v) is 2.71. The van der Waals surface area contributed by atoms with E-state index >= 15 is 0 Å². The first-order valence-electron chi connectivity index (χ1n) is 5.56. The van der Waals surface area contributed by atoms with Crippen LogP contribution in [0.4, 0.5) is 10.3 Å². The first-order valence-corrected chi connectivity index (χ1v) is 7.10. The summed E-state index contributed by atoms with van der Waals surface area (Å²) >= 11 is 15.3. The smallest absolute Gasteiger partial charge is 0.205 e. The van der Waals surface area contributed by atoms with Crippen LogP contribution < -0.4 is 5.73 Å². The predicted octanol–water partition coefficient (Wildman–Crippen LogP) is 4.82. The van der Waals surface area contributed by atoms with Crippen molar-refractivity contribution in [3.8, 4) is 5.69 Å². The van der Waals surface area contributed by atoms with Gasteiger partial charge in [0.1, 0.15) is 5.82 Å². The molecule has 2 N–H and O–H groups in total. The third-order valence-corrected chi connectivity index (χ3v) is 3.97. The quantitative estimate of drug-likeness (QED) is 0.663. The lowest BCUT2D eigenvalue weighted by Gasteiger charge is -2.09. The van der Waals surface area contributed by atoms with Crippen LogP contribution >= 0.6 is 39.1 Å². The van der Waals surface area contributed by atoms with E-state index in [0.717, 1.165) is 4.47 Å². The molecule has 20 heavy (non-hydrogen) atoms. The topological polar surface area (TPSA) is 43.8 Å².